The van der Waals surface area contributed by atoms with E-state index < -0.39 is 29.5 Å². The second-order valence-electron chi connectivity index (χ2n) is 8.84. The summed E-state index contributed by atoms with van der Waals surface area (Å²) in [5, 5.41) is 12.7. The van der Waals surface area contributed by atoms with Gasteiger partial charge in [-0.05, 0) is 42.5 Å². The second kappa shape index (κ2) is 13.5. The first-order valence-electron chi connectivity index (χ1n) is 11.5. The number of carbonyl (C=O) groups is 1. The Labute approximate surface area is 221 Å². The van der Waals surface area contributed by atoms with Crippen LogP contribution in [-0.4, -0.2) is 61.0 Å². The van der Waals surface area contributed by atoms with E-state index in [9.17, 15) is 23.1 Å². The van der Waals surface area contributed by atoms with Crippen molar-refractivity contribution in [1.82, 2.24) is 10.2 Å². The number of benzene rings is 2. The van der Waals surface area contributed by atoms with Gasteiger partial charge in [-0.1, -0.05) is 12.1 Å². The van der Waals surface area contributed by atoms with Gasteiger partial charge in [0.15, 0.2) is 17.7 Å². The lowest BCUT2D eigenvalue weighted by atomic mass is 10.1. The summed E-state index contributed by atoms with van der Waals surface area (Å²) >= 11 is 0. The molecule has 1 aliphatic carbocycles. The maximum atomic E-state index is 13.9. The molecule has 0 amide bonds. The van der Waals surface area contributed by atoms with Gasteiger partial charge in [-0.3, -0.25) is 4.90 Å². The molecule has 2 aromatic carbocycles. The number of ether oxygens (including phenoxy) is 2. The van der Waals surface area contributed by atoms with Crippen LogP contribution in [0.25, 0.3) is 0 Å². The van der Waals surface area contributed by atoms with Gasteiger partial charge in [0.2, 0.25) is 0 Å². The van der Waals surface area contributed by atoms with Gasteiger partial charge in [0, 0.05) is 56.9 Å². The molecule has 1 heterocycles. The summed E-state index contributed by atoms with van der Waals surface area (Å²) in [5.74, 6) is -2.22. The van der Waals surface area contributed by atoms with Crippen molar-refractivity contribution in [2.75, 3.05) is 32.8 Å². The van der Waals surface area contributed by atoms with Crippen LogP contribution in [0.15, 0.2) is 36.4 Å². The molecular formula is C25H31Cl2F3N2O4. The van der Waals surface area contributed by atoms with Crippen LogP contribution in [0.4, 0.5) is 13.2 Å². The molecule has 1 saturated heterocycles. The van der Waals surface area contributed by atoms with Crippen LogP contribution in [0.2, 0.25) is 0 Å². The minimum absolute atomic E-state index is 0. The monoisotopic (exact) mass is 550 g/mol. The predicted molar refractivity (Wildman–Crippen MR) is 134 cm³/mol. The molecule has 0 radical (unpaired) electrons. The Morgan fingerprint density at radius 2 is 1.72 bits per heavy atom. The number of halogens is 5. The van der Waals surface area contributed by atoms with E-state index >= 15 is 0 Å². The van der Waals surface area contributed by atoms with Gasteiger partial charge < -0.3 is 19.9 Å². The first-order valence-corrected chi connectivity index (χ1v) is 11.5. The fraction of sp³-hybridized carbons (Fsp3) is 0.480. The standard InChI is InChI=1S/C25H29F3N2O4.2ClH/c1-2-33-23(25(31)32)9-15-3-5-17(6-4-15)34-8-7-29-24-18-13-30(14-19(18)24)12-16-10-21(27)22(28)11-20(16)26;;/h3-6,10-11,18-19,23-24,29H,2,7-9,12-14H2,1H3,(H,31,32);2*1H/t18-,19?,23-,24?;;/m0../s1. The van der Waals surface area contributed by atoms with E-state index in [2.05, 4.69) is 10.2 Å². The minimum Gasteiger partial charge on any atom is -0.492 e. The average molecular weight is 551 g/mol. The highest BCUT2D eigenvalue weighted by atomic mass is 35.5. The number of hydrogen-bond donors (Lipinski definition) is 2. The lowest BCUT2D eigenvalue weighted by Crippen LogP contribution is -2.33. The molecule has 2 N–H and O–H groups in total. The topological polar surface area (TPSA) is 71.0 Å². The number of hydrogen-bond acceptors (Lipinski definition) is 5. The number of rotatable bonds is 12. The molecule has 1 aliphatic heterocycles. The molecule has 1 saturated carbocycles. The molecule has 6 nitrogen and oxygen atoms in total. The van der Waals surface area contributed by atoms with Crippen molar-refractivity contribution >= 4 is 30.8 Å². The lowest BCUT2D eigenvalue weighted by molar-refractivity contribution is -0.149. The van der Waals surface area contributed by atoms with Crippen molar-refractivity contribution < 1.29 is 32.5 Å². The van der Waals surface area contributed by atoms with Crippen molar-refractivity contribution in [3.63, 3.8) is 0 Å². The minimum atomic E-state index is -1.17. The Hall–Kier alpha value is -2.04. The van der Waals surface area contributed by atoms with Crippen molar-refractivity contribution in [2.24, 2.45) is 11.8 Å². The van der Waals surface area contributed by atoms with Gasteiger partial charge in [-0.25, -0.2) is 18.0 Å². The fourth-order valence-electron chi connectivity index (χ4n) is 4.72. The zero-order valence-electron chi connectivity index (χ0n) is 19.8. The van der Waals surface area contributed by atoms with Crippen LogP contribution in [0.1, 0.15) is 18.1 Å². The Balaban J connectivity index is 0.00000228. The van der Waals surface area contributed by atoms with Gasteiger partial charge in [0.1, 0.15) is 18.2 Å². The summed E-state index contributed by atoms with van der Waals surface area (Å²) in [6.45, 7) is 5.16. The summed E-state index contributed by atoms with van der Waals surface area (Å²) in [6.07, 6.45) is -0.555. The summed E-state index contributed by atoms with van der Waals surface area (Å²) in [7, 11) is 0. The Morgan fingerprint density at radius 1 is 1.08 bits per heavy atom. The largest absolute Gasteiger partial charge is 0.492 e. The Bertz CT molecular complexity index is 1000. The third-order valence-corrected chi connectivity index (χ3v) is 6.49. The highest BCUT2D eigenvalue weighted by Crippen LogP contribution is 2.45. The average Bonchev–Trinajstić information content (AvgIpc) is 3.25. The van der Waals surface area contributed by atoms with Crippen molar-refractivity contribution in [1.29, 1.82) is 0 Å². The molecule has 11 heteroatoms. The summed E-state index contributed by atoms with van der Waals surface area (Å²) < 4.78 is 51.4. The van der Waals surface area contributed by atoms with E-state index in [4.69, 9.17) is 9.47 Å². The molecule has 2 aliphatic rings. The molecule has 200 valence electrons. The highest BCUT2D eigenvalue weighted by Gasteiger charge is 2.55. The van der Waals surface area contributed by atoms with E-state index in [1.54, 1.807) is 6.92 Å². The Kier molecular flexibility index (Phi) is 11.3. The molecule has 36 heavy (non-hydrogen) atoms. The van der Waals surface area contributed by atoms with E-state index in [-0.39, 0.29) is 36.9 Å². The third kappa shape index (κ3) is 7.49. The highest BCUT2D eigenvalue weighted by molar-refractivity contribution is 5.85. The van der Waals surface area contributed by atoms with Gasteiger partial charge in [0.05, 0.1) is 0 Å². The van der Waals surface area contributed by atoms with E-state index in [0.29, 0.717) is 55.9 Å². The second-order valence-corrected chi connectivity index (χ2v) is 8.84. The van der Waals surface area contributed by atoms with Gasteiger partial charge in [-0.2, -0.15) is 0 Å². The first-order chi connectivity index (χ1) is 16.4. The van der Waals surface area contributed by atoms with E-state index in [0.717, 1.165) is 24.7 Å². The SMILES string of the molecule is CCO[C@@H](Cc1ccc(OCCNC2C3CN(Cc4cc(F)c(F)cc4F)C[C@@H]32)cc1)C(=O)O.Cl.Cl. The van der Waals surface area contributed by atoms with Crippen molar-refractivity contribution in [2.45, 2.75) is 32.0 Å². The number of likely N-dealkylation sites (tertiary alicyclic amines) is 1. The lowest BCUT2D eigenvalue weighted by Gasteiger charge is -2.20. The third-order valence-electron chi connectivity index (χ3n) is 6.49. The Morgan fingerprint density at radius 3 is 2.33 bits per heavy atom. The fourth-order valence-corrected chi connectivity index (χ4v) is 4.72. The number of aliphatic carboxylic acids is 1. The quantitative estimate of drug-likeness (QED) is 0.306. The number of fused-ring (bicyclic) bond motifs is 1. The van der Waals surface area contributed by atoms with E-state index in [1.165, 1.54) is 0 Å². The molecule has 0 spiro atoms. The van der Waals surface area contributed by atoms with Gasteiger partial charge >= 0.3 is 5.97 Å². The zero-order chi connectivity index (χ0) is 24.2. The molecule has 2 unspecified atom stereocenters. The van der Waals surface area contributed by atoms with Crippen LogP contribution in [0, 0.1) is 29.3 Å². The number of carboxylic acid groups (broad SMARTS) is 1. The van der Waals surface area contributed by atoms with Crippen molar-refractivity contribution in [3.05, 3.63) is 65.0 Å². The van der Waals surface area contributed by atoms with Crippen LogP contribution < -0.4 is 10.1 Å². The van der Waals surface area contributed by atoms with E-state index in [1.807, 2.05) is 24.3 Å². The molecule has 0 aromatic heterocycles. The van der Waals surface area contributed by atoms with Crippen LogP contribution in [0.5, 0.6) is 5.75 Å². The van der Waals surface area contributed by atoms with Crippen molar-refractivity contribution in [3.8, 4) is 5.75 Å². The predicted octanol–water partition coefficient (Wildman–Crippen LogP) is 4.08. The number of carboxylic acids is 1. The number of piperidine rings is 1. The van der Waals surface area contributed by atoms with Crippen LogP contribution in [0.3, 0.4) is 0 Å². The summed E-state index contributed by atoms with van der Waals surface area (Å²) in [5.41, 5.74) is 1.05. The van der Waals surface area contributed by atoms with Crippen LogP contribution in [-0.2, 0) is 22.5 Å². The smallest absolute Gasteiger partial charge is 0.333 e. The molecule has 4 atom stereocenters. The number of nitrogens with one attached hydrogen (secondary N) is 1. The molecular weight excluding hydrogens is 520 g/mol. The molecule has 4 rings (SSSR count). The first kappa shape index (κ1) is 30.2. The summed E-state index contributed by atoms with van der Waals surface area (Å²) in [4.78, 5) is 13.3. The zero-order valence-corrected chi connectivity index (χ0v) is 21.4. The number of nitrogens with zero attached hydrogens (tertiary/aromatic N) is 1. The summed E-state index contributed by atoms with van der Waals surface area (Å²) in [6, 6.07) is 9.26. The maximum absolute atomic E-state index is 13.9. The maximum Gasteiger partial charge on any atom is 0.333 e. The molecule has 2 aromatic rings. The normalized spacial score (nSPS) is 21.2. The van der Waals surface area contributed by atoms with Gasteiger partial charge in [0.25, 0.3) is 0 Å². The van der Waals surface area contributed by atoms with Gasteiger partial charge in [-0.15, -0.1) is 24.8 Å². The molecule has 2 fully saturated rings. The van der Waals surface area contributed by atoms with Crippen LogP contribution >= 0.6 is 24.8 Å². The molecule has 0 bridgehead atoms.